The maximum absolute atomic E-state index is 13.7. The molecule has 0 fully saturated rings. The normalized spacial score (nSPS) is 13.3. The van der Waals surface area contributed by atoms with Crippen molar-refractivity contribution in [3.8, 4) is 10.9 Å². The Balaban J connectivity index is 1.77. The van der Waals surface area contributed by atoms with E-state index >= 15 is 0 Å². The second-order valence-electron chi connectivity index (χ2n) is 8.27. The molecule has 1 aliphatic carbocycles. The molecule has 178 valence electrons. The molecule has 2 aromatic carbocycles. The Bertz CT molecular complexity index is 1520. The summed E-state index contributed by atoms with van der Waals surface area (Å²) in [6.45, 7) is 1.97. The van der Waals surface area contributed by atoms with E-state index in [2.05, 4.69) is 4.99 Å². The third kappa shape index (κ3) is 4.26. The van der Waals surface area contributed by atoms with Crippen LogP contribution in [0.3, 0.4) is 0 Å². The molecule has 0 unspecified atom stereocenters. The van der Waals surface area contributed by atoms with Crippen LogP contribution in [0.5, 0.6) is 5.88 Å². The number of thiophene rings is 1. The maximum Gasteiger partial charge on any atom is 0.341 e. The van der Waals surface area contributed by atoms with Crippen LogP contribution in [0, 0.1) is 0 Å². The largest absolute Gasteiger partial charge is 0.494 e. The topological polar surface area (TPSA) is 80.9 Å². The Morgan fingerprint density at radius 2 is 1.86 bits per heavy atom. The zero-order valence-corrected chi connectivity index (χ0v) is 20.7. The third-order valence-corrected chi connectivity index (χ3v) is 7.64. The molecular formula is C27H23ClN2O4S. The van der Waals surface area contributed by atoms with E-state index in [0.717, 1.165) is 36.1 Å². The van der Waals surface area contributed by atoms with E-state index in [1.807, 2.05) is 0 Å². The Morgan fingerprint density at radius 3 is 2.60 bits per heavy atom. The van der Waals surface area contributed by atoms with Gasteiger partial charge in [0.2, 0.25) is 5.88 Å². The van der Waals surface area contributed by atoms with Crippen LogP contribution in [0.4, 0.5) is 5.69 Å². The van der Waals surface area contributed by atoms with Crippen molar-refractivity contribution in [2.24, 2.45) is 4.99 Å². The number of aromatic hydroxyl groups is 1. The fraction of sp³-hybridized carbons (Fsp3) is 0.222. The summed E-state index contributed by atoms with van der Waals surface area (Å²) in [5.74, 6) is -0.742. The average Bonchev–Trinajstić information content (AvgIpc) is 3.24. The number of hydrogen-bond donors (Lipinski definition) is 1. The first-order chi connectivity index (χ1) is 17.0. The van der Waals surface area contributed by atoms with Gasteiger partial charge < -0.3 is 9.84 Å². The number of carbonyl (C=O) groups excluding carboxylic acids is 1. The number of pyridine rings is 1. The molecule has 0 bridgehead atoms. The van der Waals surface area contributed by atoms with Crippen LogP contribution < -0.4 is 5.56 Å². The van der Waals surface area contributed by atoms with Gasteiger partial charge in [-0.2, -0.15) is 0 Å². The number of hydrogen-bond acceptors (Lipinski definition) is 6. The van der Waals surface area contributed by atoms with Crippen LogP contribution in [-0.2, 0) is 17.6 Å². The molecule has 8 heteroatoms. The lowest BCUT2D eigenvalue weighted by Crippen LogP contribution is -2.22. The van der Waals surface area contributed by atoms with Crippen molar-refractivity contribution in [1.82, 2.24) is 4.57 Å². The van der Waals surface area contributed by atoms with Crippen molar-refractivity contribution in [2.75, 3.05) is 6.61 Å². The molecule has 0 saturated carbocycles. The number of fused-ring (bicyclic) bond motifs is 2. The Labute approximate surface area is 211 Å². The summed E-state index contributed by atoms with van der Waals surface area (Å²) in [5, 5.41) is 13.4. The van der Waals surface area contributed by atoms with E-state index < -0.39 is 11.5 Å². The average molecular weight is 507 g/mol. The fourth-order valence-corrected chi connectivity index (χ4v) is 5.97. The summed E-state index contributed by atoms with van der Waals surface area (Å²) in [4.78, 5) is 32.2. The summed E-state index contributed by atoms with van der Waals surface area (Å²) < 4.78 is 6.60. The lowest BCUT2D eigenvalue weighted by molar-refractivity contribution is 0.0525. The van der Waals surface area contributed by atoms with E-state index in [-0.39, 0.29) is 12.5 Å². The molecule has 0 radical (unpaired) electrons. The highest BCUT2D eigenvalue weighted by Gasteiger charge is 2.30. The third-order valence-electron chi connectivity index (χ3n) is 6.11. The first-order valence-electron chi connectivity index (χ1n) is 11.5. The number of esters is 1. The summed E-state index contributed by atoms with van der Waals surface area (Å²) >= 11 is 7.35. The molecule has 0 amide bonds. The van der Waals surface area contributed by atoms with Gasteiger partial charge in [0.15, 0.2) is 0 Å². The lowest BCUT2D eigenvalue weighted by atomic mass is 9.95. The molecule has 6 nitrogen and oxygen atoms in total. The van der Waals surface area contributed by atoms with Crippen LogP contribution in [0.1, 0.15) is 46.1 Å². The summed E-state index contributed by atoms with van der Waals surface area (Å²) in [6.07, 6.45) is 5.10. The zero-order chi connectivity index (χ0) is 24.5. The first kappa shape index (κ1) is 23.3. The number of aliphatic imine (C=N–C) groups is 1. The van der Waals surface area contributed by atoms with E-state index in [1.54, 1.807) is 55.5 Å². The lowest BCUT2D eigenvalue weighted by Gasteiger charge is -2.15. The molecule has 2 heterocycles. The number of carbonyl (C=O) groups is 1. The van der Waals surface area contributed by atoms with Gasteiger partial charge in [-0.25, -0.2) is 9.36 Å². The second-order valence-corrected chi connectivity index (χ2v) is 9.79. The Morgan fingerprint density at radius 1 is 1.14 bits per heavy atom. The number of aryl methyl sites for hydroxylation is 1. The van der Waals surface area contributed by atoms with Crippen molar-refractivity contribution in [3.05, 3.63) is 85.5 Å². The molecule has 0 saturated heterocycles. The van der Waals surface area contributed by atoms with Gasteiger partial charge in [-0.3, -0.25) is 9.79 Å². The van der Waals surface area contributed by atoms with Gasteiger partial charge in [0.25, 0.3) is 5.56 Å². The smallest absolute Gasteiger partial charge is 0.341 e. The number of ether oxygens (including phenoxy) is 1. The quantitative estimate of drug-likeness (QED) is 0.257. The molecule has 0 aliphatic heterocycles. The van der Waals surface area contributed by atoms with E-state index in [4.69, 9.17) is 16.3 Å². The van der Waals surface area contributed by atoms with Crippen LogP contribution in [0.2, 0.25) is 5.02 Å². The van der Waals surface area contributed by atoms with Gasteiger partial charge in [0.1, 0.15) is 5.00 Å². The van der Waals surface area contributed by atoms with Crippen molar-refractivity contribution in [3.63, 3.8) is 0 Å². The minimum absolute atomic E-state index is 0.223. The highest BCUT2D eigenvalue weighted by atomic mass is 35.5. The van der Waals surface area contributed by atoms with Gasteiger partial charge >= 0.3 is 5.97 Å². The molecule has 2 aromatic heterocycles. The number of aromatic nitrogens is 1. The number of halogens is 1. The minimum atomic E-state index is -0.474. The molecular weight excluding hydrogens is 484 g/mol. The van der Waals surface area contributed by atoms with Gasteiger partial charge in [-0.1, -0.05) is 29.8 Å². The summed E-state index contributed by atoms with van der Waals surface area (Å²) in [5.41, 5.74) is 1.93. The van der Waals surface area contributed by atoms with Crippen LogP contribution in [-0.4, -0.2) is 28.5 Å². The van der Waals surface area contributed by atoms with Crippen LogP contribution >= 0.6 is 22.9 Å². The highest BCUT2D eigenvalue weighted by molar-refractivity contribution is 7.15. The van der Waals surface area contributed by atoms with Crippen LogP contribution in [0.15, 0.2) is 58.3 Å². The molecule has 1 N–H and O–H groups in total. The van der Waals surface area contributed by atoms with Gasteiger partial charge in [-0.15, -0.1) is 11.3 Å². The van der Waals surface area contributed by atoms with E-state index in [1.165, 1.54) is 22.1 Å². The standard InChI is InChI=1S/C27H23ClN2O4S/c1-2-34-27(33)23-20-9-5-6-10-22(20)35-26(23)30-24(31)19-8-4-3-7-18(19)21(25(30)32)15-29-17-13-11-16(28)12-14-17/h3-4,7-8,11-15,32H,2,5-6,9-10H2,1H3. The molecule has 5 rings (SSSR count). The fourth-order valence-electron chi connectivity index (χ4n) is 4.47. The van der Waals surface area contributed by atoms with Crippen molar-refractivity contribution in [1.29, 1.82) is 0 Å². The second kappa shape index (κ2) is 9.68. The van der Waals surface area contributed by atoms with Crippen molar-refractivity contribution in [2.45, 2.75) is 32.6 Å². The van der Waals surface area contributed by atoms with Gasteiger partial charge in [0.05, 0.1) is 23.4 Å². The highest BCUT2D eigenvalue weighted by Crippen LogP contribution is 2.39. The van der Waals surface area contributed by atoms with E-state index in [9.17, 15) is 14.7 Å². The molecule has 4 aromatic rings. The Hall–Kier alpha value is -3.42. The van der Waals surface area contributed by atoms with Crippen molar-refractivity contribution >= 4 is 51.6 Å². The van der Waals surface area contributed by atoms with E-state index in [0.29, 0.717) is 37.6 Å². The minimum Gasteiger partial charge on any atom is -0.494 e. The monoisotopic (exact) mass is 506 g/mol. The summed E-state index contributed by atoms with van der Waals surface area (Å²) in [6, 6.07) is 14.1. The first-order valence-corrected chi connectivity index (χ1v) is 12.7. The Kier molecular flexibility index (Phi) is 6.45. The number of rotatable bonds is 5. The number of benzene rings is 2. The molecule has 0 spiro atoms. The molecule has 0 atom stereocenters. The van der Waals surface area contributed by atoms with Gasteiger partial charge in [-0.05, 0) is 68.5 Å². The molecule has 1 aliphatic rings. The predicted octanol–water partition coefficient (Wildman–Crippen LogP) is 6.22. The number of nitrogens with zero attached hydrogens (tertiary/aromatic N) is 2. The summed E-state index contributed by atoms with van der Waals surface area (Å²) in [7, 11) is 0. The maximum atomic E-state index is 13.7. The van der Waals surface area contributed by atoms with Gasteiger partial charge in [0, 0.05) is 26.9 Å². The predicted molar refractivity (Wildman–Crippen MR) is 140 cm³/mol. The SMILES string of the molecule is CCOC(=O)c1c(-n2c(O)c(C=Nc3ccc(Cl)cc3)c3ccccc3c2=O)sc2c1CCCC2. The van der Waals surface area contributed by atoms with Crippen LogP contribution in [0.25, 0.3) is 15.8 Å². The molecule has 35 heavy (non-hydrogen) atoms. The van der Waals surface area contributed by atoms with Crippen molar-refractivity contribution < 1.29 is 14.6 Å². The zero-order valence-electron chi connectivity index (χ0n) is 19.1.